The highest BCUT2D eigenvalue weighted by atomic mass is 16.5. The Morgan fingerprint density at radius 2 is 2.24 bits per heavy atom. The number of fused-ring (bicyclic) bond motifs is 3. The topological polar surface area (TPSA) is 73.2 Å². The molecule has 0 unspecified atom stereocenters. The van der Waals surface area contributed by atoms with Gasteiger partial charge in [0.2, 0.25) is 0 Å². The van der Waals surface area contributed by atoms with Gasteiger partial charge in [0.15, 0.2) is 0 Å². The van der Waals surface area contributed by atoms with Gasteiger partial charge in [-0.15, -0.1) is 0 Å². The Morgan fingerprint density at radius 3 is 3.05 bits per heavy atom. The summed E-state index contributed by atoms with van der Waals surface area (Å²) in [5.41, 5.74) is 2.99. The van der Waals surface area contributed by atoms with Crippen LogP contribution in [-0.4, -0.2) is 29.2 Å². The molecule has 1 aliphatic rings. The SMILES string of the molecule is COC(=O)Cn1cnc2c(c1=O)CCNc1ccccc1-2. The predicted molar refractivity (Wildman–Crippen MR) is 78.1 cm³/mol. The third-order valence-corrected chi connectivity index (χ3v) is 3.53. The van der Waals surface area contributed by atoms with Crippen molar-refractivity contribution in [3.05, 3.63) is 46.5 Å². The van der Waals surface area contributed by atoms with Gasteiger partial charge >= 0.3 is 5.97 Å². The highest BCUT2D eigenvalue weighted by molar-refractivity contribution is 5.78. The summed E-state index contributed by atoms with van der Waals surface area (Å²) in [6.07, 6.45) is 1.97. The first-order valence-corrected chi connectivity index (χ1v) is 6.69. The van der Waals surface area contributed by atoms with Crippen molar-refractivity contribution in [2.45, 2.75) is 13.0 Å². The Balaban J connectivity index is 2.12. The number of nitrogens with one attached hydrogen (secondary N) is 1. The van der Waals surface area contributed by atoms with E-state index in [9.17, 15) is 9.59 Å². The zero-order chi connectivity index (χ0) is 14.8. The zero-order valence-electron chi connectivity index (χ0n) is 11.6. The van der Waals surface area contributed by atoms with Crippen LogP contribution in [0.2, 0.25) is 0 Å². The van der Waals surface area contributed by atoms with Crippen LogP contribution in [0.1, 0.15) is 5.56 Å². The summed E-state index contributed by atoms with van der Waals surface area (Å²) in [7, 11) is 1.30. The van der Waals surface area contributed by atoms with Crippen molar-refractivity contribution in [2.75, 3.05) is 19.0 Å². The van der Waals surface area contributed by atoms with Gasteiger partial charge < -0.3 is 10.1 Å². The van der Waals surface area contributed by atoms with Crippen LogP contribution in [0.3, 0.4) is 0 Å². The summed E-state index contributed by atoms with van der Waals surface area (Å²) in [5, 5.41) is 3.29. The number of carbonyl (C=O) groups excluding carboxylic acids is 1. The van der Waals surface area contributed by atoms with Gasteiger partial charge in [-0.1, -0.05) is 18.2 Å². The third kappa shape index (κ3) is 2.40. The van der Waals surface area contributed by atoms with Crippen molar-refractivity contribution >= 4 is 11.7 Å². The van der Waals surface area contributed by atoms with Crippen LogP contribution in [0.15, 0.2) is 35.4 Å². The Morgan fingerprint density at radius 1 is 1.43 bits per heavy atom. The first-order valence-electron chi connectivity index (χ1n) is 6.69. The molecule has 0 amide bonds. The molecule has 6 heteroatoms. The number of hydrogen-bond donors (Lipinski definition) is 1. The molecule has 0 saturated heterocycles. The summed E-state index contributed by atoms with van der Waals surface area (Å²) >= 11 is 0. The predicted octanol–water partition coefficient (Wildman–Crippen LogP) is 1.05. The number of benzene rings is 1. The van der Waals surface area contributed by atoms with Crippen molar-refractivity contribution < 1.29 is 9.53 Å². The lowest BCUT2D eigenvalue weighted by atomic mass is 10.1. The minimum Gasteiger partial charge on any atom is -0.468 e. The van der Waals surface area contributed by atoms with Crippen molar-refractivity contribution in [3.8, 4) is 11.3 Å². The maximum atomic E-state index is 12.5. The van der Waals surface area contributed by atoms with E-state index < -0.39 is 5.97 Å². The van der Waals surface area contributed by atoms with Crippen molar-refractivity contribution in [2.24, 2.45) is 0 Å². The van der Waals surface area contributed by atoms with Gasteiger partial charge in [0.25, 0.3) is 5.56 Å². The number of methoxy groups -OCH3 is 1. The van der Waals surface area contributed by atoms with Crippen LogP contribution in [0, 0.1) is 0 Å². The number of nitrogens with zero attached hydrogens (tertiary/aromatic N) is 2. The number of aromatic nitrogens is 2. The Bertz CT molecular complexity index is 752. The molecular weight excluding hydrogens is 270 g/mol. The van der Waals surface area contributed by atoms with E-state index in [4.69, 9.17) is 0 Å². The van der Waals surface area contributed by atoms with Gasteiger partial charge in [0, 0.05) is 23.4 Å². The lowest BCUT2D eigenvalue weighted by Gasteiger charge is -2.10. The Hall–Kier alpha value is -2.63. The second-order valence-electron chi connectivity index (χ2n) is 4.80. The molecule has 0 aliphatic carbocycles. The molecule has 1 N–H and O–H groups in total. The second kappa shape index (κ2) is 5.40. The van der Waals surface area contributed by atoms with Gasteiger partial charge in [-0.2, -0.15) is 0 Å². The number of anilines is 1. The lowest BCUT2D eigenvalue weighted by molar-refractivity contribution is -0.141. The molecule has 0 fully saturated rings. The van der Waals surface area contributed by atoms with Gasteiger partial charge in [-0.25, -0.2) is 4.98 Å². The number of para-hydroxylation sites is 1. The molecule has 0 spiro atoms. The van der Waals surface area contributed by atoms with Crippen LogP contribution < -0.4 is 10.9 Å². The van der Waals surface area contributed by atoms with Gasteiger partial charge in [-0.05, 0) is 12.5 Å². The fourth-order valence-corrected chi connectivity index (χ4v) is 2.47. The second-order valence-corrected chi connectivity index (χ2v) is 4.80. The molecule has 0 atom stereocenters. The highest BCUT2D eigenvalue weighted by Crippen LogP contribution is 2.29. The summed E-state index contributed by atoms with van der Waals surface area (Å²) in [4.78, 5) is 28.2. The van der Waals surface area contributed by atoms with E-state index >= 15 is 0 Å². The van der Waals surface area contributed by atoms with E-state index in [1.807, 2.05) is 24.3 Å². The monoisotopic (exact) mass is 285 g/mol. The fourth-order valence-electron chi connectivity index (χ4n) is 2.47. The van der Waals surface area contributed by atoms with E-state index in [0.717, 1.165) is 11.3 Å². The molecule has 2 aromatic rings. The molecule has 108 valence electrons. The maximum Gasteiger partial charge on any atom is 0.325 e. The first-order chi connectivity index (χ1) is 10.2. The average Bonchev–Trinajstić information content (AvgIpc) is 2.70. The molecule has 6 nitrogen and oxygen atoms in total. The molecular formula is C15H15N3O3. The van der Waals surface area contributed by atoms with Crippen molar-refractivity contribution in [3.63, 3.8) is 0 Å². The van der Waals surface area contributed by atoms with Crippen LogP contribution in [0.25, 0.3) is 11.3 Å². The standard InChI is InChI=1S/C15H15N3O3/c1-21-13(19)8-18-9-17-14-10-4-2-3-5-12(10)16-7-6-11(14)15(18)20/h2-5,9,16H,6-8H2,1H3. The maximum absolute atomic E-state index is 12.5. The summed E-state index contributed by atoms with van der Waals surface area (Å²) < 4.78 is 5.89. The minimum absolute atomic E-state index is 0.120. The van der Waals surface area contributed by atoms with Crippen LogP contribution >= 0.6 is 0 Å². The van der Waals surface area contributed by atoms with Crippen molar-refractivity contribution in [1.29, 1.82) is 0 Å². The molecule has 21 heavy (non-hydrogen) atoms. The number of ether oxygens (including phenoxy) is 1. The van der Waals surface area contributed by atoms with Crippen LogP contribution in [-0.2, 0) is 22.5 Å². The van der Waals surface area contributed by atoms with E-state index in [1.54, 1.807) is 0 Å². The first kappa shape index (κ1) is 13.4. The van der Waals surface area contributed by atoms with Gasteiger partial charge in [0.05, 0.1) is 19.1 Å². The normalized spacial score (nSPS) is 12.6. The van der Waals surface area contributed by atoms with Gasteiger partial charge in [-0.3, -0.25) is 14.2 Å². The van der Waals surface area contributed by atoms with Crippen LogP contribution in [0.5, 0.6) is 0 Å². The molecule has 3 rings (SSSR count). The summed E-state index contributed by atoms with van der Waals surface area (Å²) in [6, 6.07) is 7.75. The largest absolute Gasteiger partial charge is 0.468 e. The molecule has 1 aliphatic heterocycles. The molecule has 0 saturated carbocycles. The molecule has 1 aromatic carbocycles. The zero-order valence-corrected chi connectivity index (χ0v) is 11.6. The van der Waals surface area contributed by atoms with E-state index in [1.165, 1.54) is 18.0 Å². The number of rotatable bonds is 2. The Labute approximate surface area is 121 Å². The Kier molecular flexibility index (Phi) is 3.43. The third-order valence-electron chi connectivity index (χ3n) is 3.53. The fraction of sp³-hybridized carbons (Fsp3) is 0.267. The summed E-state index contributed by atoms with van der Waals surface area (Å²) in [5.74, 6) is -0.467. The average molecular weight is 285 g/mol. The summed E-state index contributed by atoms with van der Waals surface area (Å²) in [6.45, 7) is 0.536. The number of carbonyl (C=O) groups is 1. The highest BCUT2D eigenvalue weighted by Gasteiger charge is 2.19. The van der Waals surface area contributed by atoms with Crippen LogP contribution in [0.4, 0.5) is 5.69 Å². The molecule has 1 aromatic heterocycles. The number of hydrogen-bond acceptors (Lipinski definition) is 5. The van der Waals surface area contributed by atoms with Crippen molar-refractivity contribution in [1.82, 2.24) is 9.55 Å². The smallest absolute Gasteiger partial charge is 0.325 e. The van der Waals surface area contributed by atoms with E-state index in [-0.39, 0.29) is 12.1 Å². The quantitative estimate of drug-likeness (QED) is 0.835. The number of esters is 1. The van der Waals surface area contributed by atoms with E-state index in [0.29, 0.717) is 24.2 Å². The van der Waals surface area contributed by atoms with E-state index in [2.05, 4.69) is 15.0 Å². The molecule has 0 radical (unpaired) electrons. The lowest BCUT2D eigenvalue weighted by Crippen LogP contribution is -2.29. The van der Waals surface area contributed by atoms with Gasteiger partial charge in [0.1, 0.15) is 6.54 Å². The minimum atomic E-state index is -0.467. The molecule has 0 bridgehead atoms. The molecule has 2 heterocycles.